The number of hydrogen-bond acceptors (Lipinski definition) is 11. The van der Waals surface area contributed by atoms with Crippen molar-refractivity contribution < 1.29 is 63.1 Å². The lowest BCUT2D eigenvalue weighted by atomic mass is 9.85. The van der Waals surface area contributed by atoms with Gasteiger partial charge in [0.15, 0.2) is 28.7 Å². The second kappa shape index (κ2) is 27.3. The first-order valence-corrected chi connectivity index (χ1v) is 32.9. The second-order valence-corrected chi connectivity index (χ2v) is 34.3. The molecule has 1 aliphatic heterocycles. The van der Waals surface area contributed by atoms with E-state index in [9.17, 15) is 26.4 Å². The monoisotopic (exact) mass is 1080 g/mol. The molecule has 1 saturated heterocycles. The van der Waals surface area contributed by atoms with Gasteiger partial charge in [-0.3, -0.25) is 8.98 Å². The average Bonchev–Trinajstić information content (AvgIpc) is 3.30. The van der Waals surface area contributed by atoms with Crippen LogP contribution < -0.4 is 9.47 Å². The number of ether oxygens (including phenoxy) is 5. The van der Waals surface area contributed by atoms with E-state index in [1.54, 1.807) is 26.4 Å². The molecule has 1 aliphatic rings. The Morgan fingerprint density at radius 2 is 1.32 bits per heavy atom. The summed E-state index contributed by atoms with van der Waals surface area (Å²) in [4.78, 5) is 13.8. The van der Waals surface area contributed by atoms with Crippen molar-refractivity contribution in [3.8, 4) is 11.5 Å². The molecule has 0 spiro atoms. The number of allylic oxidation sites excluding steroid dienone is 2. The Bertz CT molecular complexity index is 2200. The van der Waals surface area contributed by atoms with Gasteiger partial charge in [-0.05, 0) is 96.3 Å². The maximum atomic E-state index is 13.8. The summed E-state index contributed by atoms with van der Waals surface area (Å²) in [5.41, 5.74) is -3.66. The normalized spacial score (nSPS) is 21.2. The van der Waals surface area contributed by atoms with Crippen molar-refractivity contribution >= 4 is 32.5 Å². The van der Waals surface area contributed by atoms with Crippen molar-refractivity contribution in [1.82, 2.24) is 0 Å². The van der Waals surface area contributed by atoms with E-state index in [-0.39, 0.29) is 57.7 Å². The number of halogens is 3. The third kappa shape index (κ3) is 19.4. The van der Waals surface area contributed by atoms with Crippen LogP contribution in [0.3, 0.4) is 0 Å². The highest BCUT2D eigenvalue weighted by molar-refractivity contribution is 7.87. The van der Waals surface area contributed by atoms with Crippen molar-refractivity contribution in [2.75, 3.05) is 27.4 Å². The molecule has 1 heterocycles. The Balaban J connectivity index is 1.93. The van der Waals surface area contributed by atoms with Crippen LogP contribution in [0.1, 0.15) is 113 Å². The zero-order valence-corrected chi connectivity index (χ0v) is 49.8. The summed E-state index contributed by atoms with van der Waals surface area (Å²) in [6.07, 6.45) is 10.1. The highest BCUT2D eigenvalue weighted by Crippen LogP contribution is 2.42. The third-order valence-electron chi connectivity index (χ3n) is 14.9. The van der Waals surface area contributed by atoms with Gasteiger partial charge in [0.05, 0.1) is 58.5 Å². The Morgan fingerprint density at radius 1 is 0.767 bits per heavy atom. The molecule has 0 amide bonds. The minimum absolute atomic E-state index is 0.00788. The van der Waals surface area contributed by atoms with Crippen molar-refractivity contribution in [3.63, 3.8) is 0 Å². The van der Waals surface area contributed by atoms with Crippen LogP contribution in [0, 0.1) is 35.5 Å². The van der Waals surface area contributed by atoms with E-state index in [4.69, 9.17) is 32.5 Å². The Morgan fingerprint density at radius 3 is 1.85 bits per heavy atom. The smallest absolute Gasteiger partial charge is 0.497 e. The van der Waals surface area contributed by atoms with Crippen LogP contribution in [-0.2, 0) is 48.8 Å². The molecule has 73 heavy (non-hydrogen) atoms. The van der Waals surface area contributed by atoms with E-state index in [0.717, 1.165) is 29.0 Å². The van der Waals surface area contributed by atoms with Gasteiger partial charge in [-0.2, -0.15) is 21.6 Å². The number of methoxy groups -OCH3 is 2. The van der Waals surface area contributed by atoms with Gasteiger partial charge in [0.2, 0.25) is 0 Å². The standard InChI is InChI=1S/C56H89F3O11SSi2/c1-38(21-32-49(60)43(6)52-42(5)36-66-53(68-52)45-25-30-47(64-14)31-26-45)34-41(4)51(65-37-44-23-28-46(63-13)29-24-44)40(3)22-27-48(69-72(15,16)54(7,8)9)35-50(70-73(17,18)55(10,11)12)39(2)20-19-33-67-71(61,62)56(57,58)59/h19-32,38-43,48,50-53H,33-37H2,1-18H3/b20-19+,27-22-,32-21+/t38-,39+,40+,41+,42+,43+,48-,50+,51+,52+,53+/m1/s1. The zero-order chi connectivity index (χ0) is 55.3. The van der Waals surface area contributed by atoms with E-state index < -0.39 is 63.3 Å². The van der Waals surface area contributed by atoms with Crippen molar-refractivity contribution in [1.29, 1.82) is 0 Å². The summed E-state index contributed by atoms with van der Waals surface area (Å²) < 4.78 is 111. The molecular formula is C56H89F3O11SSi2. The SMILES string of the molecule is COc1ccc(CO[C@@H]([C@@H](C)/C=C\[C@H](C[C@H](O[Si](C)(C)C(C)(C)C)[C@@H](C)/C=C/COS(=O)(=O)C(F)(F)F)O[Si](C)(C)C(C)(C)C)[C@@H](C)C[C@H](C)/C=C/C(=O)[C@H](C)[C@H]2O[C@@H](c3ccc(OC)cc3)OC[C@@H]2C)cc1. The van der Waals surface area contributed by atoms with Gasteiger partial charge in [0.1, 0.15) is 11.5 Å². The molecule has 11 nitrogen and oxygen atoms in total. The van der Waals surface area contributed by atoms with E-state index in [1.165, 1.54) is 6.08 Å². The van der Waals surface area contributed by atoms with Crippen molar-refractivity contribution in [2.45, 2.75) is 175 Å². The minimum Gasteiger partial charge on any atom is -0.497 e. The van der Waals surface area contributed by atoms with E-state index in [2.05, 4.69) is 105 Å². The molecule has 0 radical (unpaired) electrons. The molecule has 2 aromatic rings. The fourth-order valence-electron chi connectivity index (χ4n) is 8.19. The summed E-state index contributed by atoms with van der Waals surface area (Å²) >= 11 is 0. The lowest BCUT2D eigenvalue weighted by molar-refractivity contribution is -0.247. The van der Waals surface area contributed by atoms with Crippen molar-refractivity contribution in [3.05, 3.63) is 96.1 Å². The maximum absolute atomic E-state index is 13.8. The molecular weight excluding hydrogens is 994 g/mol. The Labute approximate surface area is 439 Å². The van der Waals surface area contributed by atoms with Crippen LogP contribution in [0.25, 0.3) is 0 Å². The van der Waals surface area contributed by atoms with Crippen LogP contribution in [0.5, 0.6) is 11.5 Å². The molecule has 0 aromatic heterocycles. The van der Waals surface area contributed by atoms with E-state index >= 15 is 0 Å². The summed E-state index contributed by atoms with van der Waals surface area (Å²) in [5, 5.41) is -0.300. The number of ketones is 1. The van der Waals surface area contributed by atoms with Gasteiger partial charge in [0.25, 0.3) is 0 Å². The zero-order valence-electron chi connectivity index (χ0n) is 47.0. The number of rotatable bonds is 27. The topological polar surface area (TPSA) is 125 Å². The van der Waals surface area contributed by atoms with Crippen LogP contribution in [0.15, 0.2) is 85.0 Å². The molecule has 2 aromatic carbocycles. The molecule has 11 atom stereocenters. The first-order valence-electron chi connectivity index (χ1n) is 25.7. The highest BCUT2D eigenvalue weighted by Gasteiger charge is 2.47. The lowest BCUT2D eigenvalue weighted by Gasteiger charge is -2.43. The van der Waals surface area contributed by atoms with Gasteiger partial charge in [-0.15, -0.1) is 0 Å². The minimum atomic E-state index is -5.75. The summed E-state index contributed by atoms with van der Waals surface area (Å²) in [7, 11) is -7.34. The summed E-state index contributed by atoms with van der Waals surface area (Å²) in [5.74, 6) is 0.719. The molecule has 0 N–H and O–H groups in total. The average molecular weight is 1080 g/mol. The van der Waals surface area contributed by atoms with Gasteiger partial charge in [-0.25, -0.2) is 0 Å². The van der Waals surface area contributed by atoms with Gasteiger partial charge in [0, 0.05) is 29.7 Å². The molecule has 1 fully saturated rings. The Kier molecular flexibility index (Phi) is 24.0. The largest absolute Gasteiger partial charge is 0.523 e. The number of carbonyl (C=O) groups excluding carboxylic acids is 1. The number of alkyl halides is 3. The fourth-order valence-corrected chi connectivity index (χ4v) is 11.3. The molecule has 0 unspecified atom stereocenters. The van der Waals surface area contributed by atoms with E-state index in [1.807, 2.05) is 75.4 Å². The molecule has 17 heteroatoms. The highest BCUT2D eigenvalue weighted by atomic mass is 32.2. The first-order chi connectivity index (χ1) is 33.6. The quantitative estimate of drug-likeness (QED) is 0.0279. The summed E-state index contributed by atoms with van der Waals surface area (Å²) in [6.45, 7) is 34.0. The van der Waals surface area contributed by atoms with Gasteiger partial charge < -0.3 is 32.5 Å². The van der Waals surface area contributed by atoms with Gasteiger partial charge >= 0.3 is 15.6 Å². The molecule has 3 rings (SSSR count). The second-order valence-electron chi connectivity index (χ2n) is 23.2. The van der Waals surface area contributed by atoms with Crippen LogP contribution in [0.2, 0.25) is 36.3 Å². The number of carbonyl (C=O) groups is 1. The maximum Gasteiger partial charge on any atom is 0.523 e. The lowest BCUT2D eigenvalue weighted by Crippen LogP contribution is -2.48. The molecule has 414 valence electrons. The van der Waals surface area contributed by atoms with Crippen LogP contribution >= 0.6 is 0 Å². The molecule has 0 aliphatic carbocycles. The first kappa shape index (κ1) is 64.2. The van der Waals surface area contributed by atoms with Crippen LogP contribution in [-0.4, -0.2) is 88.2 Å². The number of hydrogen-bond donors (Lipinski definition) is 0. The number of benzene rings is 2. The predicted molar refractivity (Wildman–Crippen MR) is 290 cm³/mol. The molecule has 0 saturated carbocycles. The Hall–Kier alpha value is -3.14. The van der Waals surface area contributed by atoms with Crippen LogP contribution in [0.4, 0.5) is 13.2 Å². The van der Waals surface area contributed by atoms with Crippen molar-refractivity contribution in [2.24, 2.45) is 35.5 Å². The predicted octanol–water partition coefficient (Wildman–Crippen LogP) is 14.2. The molecule has 0 bridgehead atoms. The summed E-state index contributed by atoms with van der Waals surface area (Å²) in [6, 6.07) is 15.4. The van der Waals surface area contributed by atoms with Gasteiger partial charge in [-0.1, -0.05) is 138 Å². The fraction of sp³-hybridized carbons (Fsp3) is 0.661. The van der Waals surface area contributed by atoms with E-state index in [0.29, 0.717) is 19.6 Å². The third-order valence-corrected chi connectivity index (χ3v) is 24.9.